The van der Waals surface area contributed by atoms with Crippen molar-refractivity contribution in [2.24, 2.45) is 5.92 Å². The van der Waals surface area contributed by atoms with Crippen LogP contribution in [-0.4, -0.2) is 48.3 Å². The molecule has 0 aromatic heterocycles. The van der Waals surface area contributed by atoms with E-state index in [-0.39, 0.29) is 19.2 Å². The van der Waals surface area contributed by atoms with E-state index in [0.29, 0.717) is 6.54 Å². The Morgan fingerprint density at radius 2 is 2.19 bits per heavy atom. The number of nitrogens with zero attached hydrogens (tertiary/aromatic N) is 1. The predicted molar refractivity (Wildman–Crippen MR) is 76.9 cm³/mol. The molecule has 0 saturated carbocycles. The Kier molecular flexibility index (Phi) is 4.80. The summed E-state index contributed by atoms with van der Waals surface area (Å²) in [5, 5.41) is 11.9. The lowest BCUT2D eigenvalue weighted by molar-refractivity contribution is -0.142. The van der Waals surface area contributed by atoms with Gasteiger partial charge in [0, 0.05) is 13.6 Å². The van der Waals surface area contributed by atoms with Crippen LogP contribution in [0.25, 0.3) is 0 Å². The second-order valence-electron chi connectivity index (χ2n) is 5.31. The zero-order valence-electron chi connectivity index (χ0n) is 12.2. The Morgan fingerprint density at radius 1 is 1.43 bits per heavy atom. The zero-order chi connectivity index (χ0) is 15.4. The SMILES string of the molecule is Cc1cccc(CNC(=O)N(C)C2COCC2C(=O)O)c1. The maximum absolute atomic E-state index is 12.1. The normalized spacial score (nSPS) is 21.0. The van der Waals surface area contributed by atoms with E-state index < -0.39 is 17.9 Å². The number of aliphatic carboxylic acids is 1. The Hall–Kier alpha value is -2.08. The Balaban J connectivity index is 1.92. The van der Waals surface area contributed by atoms with Crippen LogP contribution in [0.2, 0.25) is 0 Å². The summed E-state index contributed by atoms with van der Waals surface area (Å²) in [5.41, 5.74) is 2.14. The highest BCUT2D eigenvalue weighted by Gasteiger charge is 2.38. The number of ether oxygens (including phenoxy) is 1. The molecule has 2 atom stereocenters. The van der Waals surface area contributed by atoms with Crippen molar-refractivity contribution in [3.8, 4) is 0 Å². The van der Waals surface area contributed by atoms with Gasteiger partial charge in [-0.25, -0.2) is 4.79 Å². The molecule has 1 aromatic rings. The molecule has 0 bridgehead atoms. The van der Waals surface area contributed by atoms with E-state index in [4.69, 9.17) is 9.84 Å². The molecule has 1 aromatic carbocycles. The average Bonchev–Trinajstić information content (AvgIpc) is 2.93. The third kappa shape index (κ3) is 3.72. The molecule has 1 saturated heterocycles. The molecule has 1 aliphatic heterocycles. The van der Waals surface area contributed by atoms with Crippen molar-refractivity contribution >= 4 is 12.0 Å². The largest absolute Gasteiger partial charge is 0.481 e. The number of aryl methyl sites for hydroxylation is 1. The molecular weight excluding hydrogens is 272 g/mol. The molecule has 21 heavy (non-hydrogen) atoms. The maximum atomic E-state index is 12.1. The average molecular weight is 292 g/mol. The first-order valence-corrected chi connectivity index (χ1v) is 6.86. The fourth-order valence-electron chi connectivity index (χ4n) is 2.44. The predicted octanol–water partition coefficient (Wildman–Crippen LogP) is 1.24. The van der Waals surface area contributed by atoms with Crippen molar-refractivity contribution in [1.29, 1.82) is 0 Å². The number of hydrogen-bond donors (Lipinski definition) is 2. The van der Waals surface area contributed by atoms with Gasteiger partial charge in [0.2, 0.25) is 0 Å². The first kappa shape index (κ1) is 15.3. The lowest BCUT2D eigenvalue weighted by Gasteiger charge is -2.26. The maximum Gasteiger partial charge on any atom is 0.317 e. The summed E-state index contributed by atoms with van der Waals surface area (Å²) in [6, 6.07) is 7.14. The molecule has 0 spiro atoms. The number of rotatable bonds is 4. The summed E-state index contributed by atoms with van der Waals surface area (Å²) >= 11 is 0. The minimum Gasteiger partial charge on any atom is -0.481 e. The minimum absolute atomic E-state index is 0.148. The van der Waals surface area contributed by atoms with Crippen LogP contribution in [0.5, 0.6) is 0 Å². The van der Waals surface area contributed by atoms with Crippen LogP contribution in [0.1, 0.15) is 11.1 Å². The number of carbonyl (C=O) groups excluding carboxylic acids is 1. The van der Waals surface area contributed by atoms with Gasteiger partial charge in [0.25, 0.3) is 0 Å². The second kappa shape index (κ2) is 6.58. The van der Waals surface area contributed by atoms with Crippen LogP contribution in [0.15, 0.2) is 24.3 Å². The zero-order valence-corrected chi connectivity index (χ0v) is 12.2. The highest BCUT2D eigenvalue weighted by Crippen LogP contribution is 2.19. The molecule has 1 aliphatic rings. The smallest absolute Gasteiger partial charge is 0.317 e. The van der Waals surface area contributed by atoms with Crippen molar-refractivity contribution in [3.05, 3.63) is 35.4 Å². The van der Waals surface area contributed by atoms with Gasteiger partial charge < -0.3 is 20.1 Å². The van der Waals surface area contributed by atoms with E-state index in [1.807, 2.05) is 31.2 Å². The summed E-state index contributed by atoms with van der Waals surface area (Å²) in [6.07, 6.45) is 0. The molecule has 2 amide bonds. The van der Waals surface area contributed by atoms with Crippen LogP contribution < -0.4 is 5.32 Å². The van der Waals surface area contributed by atoms with Gasteiger partial charge in [-0.1, -0.05) is 29.8 Å². The third-order valence-electron chi connectivity index (χ3n) is 3.71. The van der Waals surface area contributed by atoms with Crippen LogP contribution in [-0.2, 0) is 16.1 Å². The van der Waals surface area contributed by atoms with E-state index in [1.54, 1.807) is 7.05 Å². The van der Waals surface area contributed by atoms with Gasteiger partial charge in [0.15, 0.2) is 0 Å². The van der Waals surface area contributed by atoms with Crippen molar-refractivity contribution in [2.75, 3.05) is 20.3 Å². The van der Waals surface area contributed by atoms with Gasteiger partial charge >= 0.3 is 12.0 Å². The lowest BCUT2D eigenvalue weighted by Crippen LogP contribution is -2.48. The molecule has 0 radical (unpaired) electrons. The van der Waals surface area contributed by atoms with Crippen molar-refractivity contribution < 1.29 is 19.4 Å². The highest BCUT2D eigenvalue weighted by molar-refractivity contribution is 5.77. The fraction of sp³-hybridized carbons (Fsp3) is 0.467. The van der Waals surface area contributed by atoms with Gasteiger partial charge in [-0.3, -0.25) is 4.79 Å². The number of urea groups is 1. The molecule has 6 heteroatoms. The van der Waals surface area contributed by atoms with Crippen molar-refractivity contribution in [2.45, 2.75) is 19.5 Å². The Labute approximate surface area is 123 Å². The second-order valence-corrected chi connectivity index (χ2v) is 5.31. The number of carboxylic acid groups (broad SMARTS) is 1. The van der Waals surface area contributed by atoms with Gasteiger partial charge in [-0.05, 0) is 12.5 Å². The molecule has 2 N–H and O–H groups in total. The molecule has 6 nitrogen and oxygen atoms in total. The topological polar surface area (TPSA) is 78.9 Å². The highest BCUT2D eigenvalue weighted by atomic mass is 16.5. The first-order valence-electron chi connectivity index (χ1n) is 6.86. The quantitative estimate of drug-likeness (QED) is 0.875. The van der Waals surface area contributed by atoms with Crippen molar-refractivity contribution in [3.63, 3.8) is 0 Å². The Bertz CT molecular complexity index is 532. The van der Waals surface area contributed by atoms with E-state index in [1.165, 1.54) is 4.90 Å². The molecule has 2 unspecified atom stereocenters. The molecular formula is C15H20N2O4. The summed E-state index contributed by atoms with van der Waals surface area (Å²) in [4.78, 5) is 24.7. The van der Waals surface area contributed by atoms with Crippen LogP contribution in [0.3, 0.4) is 0 Å². The van der Waals surface area contributed by atoms with Crippen LogP contribution >= 0.6 is 0 Å². The summed E-state index contributed by atoms with van der Waals surface area (Å²) in [6.45, 7) is 2.81. The summed E-state index contributed by atoms with van der Waals surface area (Å²) in [7, 11) is 1.60. The van der Waals surface area contributed by atoms with E-state index in [2.05, 4.69) is 5.32 Å². The first-order chi connectivity index (χ1) is 9.99. The van der Waals surface area contributed by atoms with Gasteiger partial charge in [0.1, 0.15) is 5.92 Å². The lowest BCUT2D eigenvalue weighted by atomic mass is 10.0. The standard InChI is InChI=1S/C15H20N2O4/c1-10-4-3-5-11(6-10)7-16-15(20)17(2)13-9-21-8-12(13)14(18)19/h3-6,12-13H,7-9H2,1-2H3,(H,16,20)(H,18,19). The monoisotopic (exact) mass is 292 g/mol. The Morgan fingerprint density at radius 3 is 2.86 bits per heavy atom. The third-order valence-corrected chi connectivity index (χ3v) is 3.71. The van der Waals surface area contributed by atoms with Crippen molar-refractivity contribution in [1.82, 2.24) is 10.2 Å². The van der Waals surface area contributed by atoms with E-state index in [0.717, 1.165) is 11.1 Å². The molecule has 114 valence electrons. The van der Waals surface area contributed by atoms with E-state index in [9.17, 15) is 9.59 Å². The number of benzene rings is 1. The van der Waals surface area contributed by atoms with Gasteiger partial charge in [-0.15, -0.1) is 0 Å². The molecule has 0 aliphatic carbocycles. The summed E-state index contributed by atoms with van der Waals surface area (Å²) < 4.78 is 5.18. The summed E-state index contributed by atoms with van der Waals surface area (Å²) in [5.74, 6) is -1.60. The number of carbonyl (C=O) groups is 2. The molecule has 1 heterocycles. The minimum atomic E-state index is -0.934. The van der Waals surface area contributed by atoms with Crippen LogP contribution in [0.4, 0.5) is 4.79 Å². The number of amides is 2. The van der Waals surface area contributed by atoms with E-state index >= 15 is 0 Å². The number of carboxylic acids is 1. The van der Waals surface area contributed by atoms with Gasteiger partial charge in [0.05, 0.1) is 19.3 Å². The molecule has 2 rings (SSSR count). The molecule has 1 fully saturated rings. The number of hydrogen-bond acceptors (Lipinski definition) is 3. The number of nitrogens with one attached hydrogen (secondary N) is 1. The van der Waals surface area contributed by atoms with Crippen LogP contribution in [0, 0.1) is 12.8 Å². The van der Waals surface area contributed by atoms with Gasteiger partial charge in [-0.2, -0.15) is 0 Å². The fourth-order valence-corrected chi connectivity index (χ4v) is 2.44. The number of likely N-dealkylation sites (N-methyl/N-ethyl adjacent to an activating group) is 1.